The molecule has 0 saturated heterocycles. The van der Waals surface area contributed by atoms with Crippen LogP contribution in [0.25, 0.3) is 77.6 Å². The van der Waals surface area contributed by atoms with E-state index in [4.69, 9.17) is 4.42 Å². The third kappa shape index (κ3) is 5.44. The number of furan rings is 1. The van der Waals surface area contributed by atoms with Crippen LogP contribution in [-0.4, -0.2) is 0 Å². The van der Waals surface area contributed by atoms with Gasteiger partial charge in [-0.05, 0) is 102 Å². The zero-order valence-corrected chi connectivity index (χ0v) is 35.2. The molecule has 0 bridgehead atoms. The van der Waals surface area contributed by atoms with E-state index in [0.29, 0.717) is 0 Å². The Hall–Kier alpha value is -8.00. The molecule has 0 N–H and O–H groups in total. The second-order valence-corrected chi connectivity index (χ2v) is 17.4. The second kappa shape index (κ2) is 14.5. The molecular weight excluding hydrogens is 773 g/mol. The SMILES string of the molecule is c1ccc(-c2ccc(CC(c3ccc(-c4ccccc4)cc3)c3ccc(-c4cccc5c4-c4ccccc4C54c5ccccc5-c5ccccc54)c4c3oc3ccccc34)cc2)cc1. The average Bonchev–Trinajstić information content (AvgIpc) is 4.01. The summed E-state index contributed by atoms with van der Waals surface area (Å²) < 4.78 is 7.13. The first-order valence-electron chi connectivity index (χ1n) is 22.4. The lowest BCUT2D eigenvalue weighted by Gasteiger charge is -2.30. The number of hydrogen-bond donors (Lipinski definition) is 0. The van der Waals surface area contributed by atoms with Crippen LogP contribution in [0, 0.1) is 0 Å². The van der Waals surface area contributed by atoms with Crippen LogP contribution in [0.1, 0.15) is 44.9 Å². The van der Waals surface area contributed by atoms with Gasteiger partial charge in [0, 0.05) is 22.3 Å². The number of hydrogen-bond acceptors (Lipinski definition) is 1. The Morgan fingerprint density at radius 1 is 0.359 bits per heavy atom. The highest BCUT2D eigenvalue weighted by molar-refractivity contribution is 6.15. The molecule has 0 amide bonds. The van der Waals surface area contributed by atoms with Gasteiger partial charge >= 0.3 is 0 Å². The number of benzene rings is 10. The van der Waals surface area contributed by atoms with Crippen molar-refractivity contribution in [3.63, 3.8) is 0 Å². The molecule has 1 spiro atoms. The molecule has 0 saturated carbocycles. The van der Waals surface area contributed by atoms with Crippen molar-refractivity contribution in [3.8, 4) is 55.6 Å². The predicted molar refractivity (Wildman–Crippen MR) is 265 cm³/mol. The van der Waals surface area contributed by atoms with E-state index in [1.54, 1.807) is 0 Å². The molecule has 11 aromatic rings. The minimum absolute atomic E-state index is 0.0292. The van der Waals surface area contributed by atoms with E-state index in [-0.39, 0.29) is 5.92 Å². The fourth-order valence-electron chi connectivity index (χ4n) is 11.4. The van der Waals surface area contributed by atoms with E-state index in [9.17, 15) is 0 Å². The van der Waals surface area contributed by atoms with Crippen LogP contribution in [0.5, 0.6) is 0 Å². The van der Waals surface area contributed by atoms with Gasteiger partial charge in [-0.1, -0.05) is 231 Å². The normalized spacial score (nSPS) is 13.4. The molecule has 64 heavy (non-hydrogen) atoms. The third-order valence-corrected chi connectivity index (χ3v) is 14.2. The van der Waals surface area contributed by atoms with E-state index < -0.39 is 5.41 Å². The summed E-state index contributed by atoms with van der Waals surface area (Å²) in [6.07, 6.45) is 0.820. The van der Waals surface area contributed by atoms with Crippen LogP contribution < -0.4 is 0 Å². The van der Waals surface area contributed by atoms with Crippen LogP contribution in [0.4, 0.5) is 0 Å². The monoisotopic (exact) mass is 814 g/mol. The summed E-state index contributed by atoms with van der Waals surface area (Å²) in [6.45, 7) is 0. The fraction of sp³-hybridized carbons (Fsp3) is 0.0476. The molecule has 1 aromatic heterocycles. The standard InChI is InChI=1S/C63H42O/c1-3-16-42(17-4-1)44-32-30-41(31-33-44)40-54(46-36-34-45(35-37-46)43-18-5-2-6-19-43)51-39-38-50(61-53-23-10-14-29-59(53)64-62(51)61)49-24-15-28-58-60(49)52-22-9-13-27-57(52)63(58)55-25-11-7-20-47(55)48-21-8-12-26-56(48)63/h1-39,54H,40H2. The number of para-hydroxylation sites is 1. The van der Waals surface area contributed by atoms with Gasteiger partial charge in [0.05, 0.1) is 5.41 Å². The summed E-state index contributed by atoms with van der Waals surface area (Å²) in [5.41, 5.74) is 23.1. The van der Waals surface area contributed by atoms with Crippen molar-refractivity contribution in [3.05, 3.63) is 276 Å². The highest BCUT2D eigenvalue weighted by Crippen LogP contribution is 2.64. The summed E-state index contributed by atoms with van der Waals surface area (Å²) >= 11 is 0. The minimum Gasteiger partial charge on any atom is -0.456 e. The first-order valence-corrected chi connectivity index (χ1v) is 22.4. The molecule has 1 heterocycles. The summed E-state index contributed by atoms with van der Waals surface area (Å²) in [6, 6.07) is 87.2. The van der Waals surface area contributed by atoms with Gasteiger partial charge < -0.3 is 4.42 Å². The Labute approximate surface area is 373 Å². The number of fused-ring (bicyclic) bond motifs is 13. The Morgan fingerprint density at radius 2 is 0.859 bits per heavy atom. The zero-order chi connectivity index (χ0) is 42.2. The van der Waals surface area contributed by atoms with E-state index in [0.717, 1.165) is 28.4 Å². The van der Waals surface area contributed by atoms with Crippen molar-refractivity contribution < 1.29 is 4.42 Å². The summed E-state index contributed by atoms with van der Waals surface area (Å²) in [7, 11) is 0. The van der Waals surface area contributed by atoms with Gasteiger partial charge in [-0.2, -0.15) is 0 Å². The van der Waals surface area contributed by atoms with Crippen LogP contribution in [0.2, 0.25) is 0 Å². The third-order valence-electron chi connectivity index (χ3n) is 14.2. The Morgan fingerprint density at radius 3 is 1.52 bits per heavy atom. The highest BCUT2D eigenvalue weighted by Gasteiger charge is 2.52. The van der Waals surface area contributed by atoms with Crippen molar-refractivity contribution >= 4 is 21.9 Å². The maximum absolute atomic E-state index is 7.13. The van der Waals surface area contributed by atoms with E-state index >= 15 is 0 Å². The van der Waals surface area contributed by atoms with Crippen molar-refractivity contribution in [1.82, 2.24) is 0 Å². The van der Waals surface area contributed by atoms with E-state index in [2.05, 4.69) is 237 Å². The zero-order valence-electron chi connectivity index (χ0n) is 35.2. The molecule has 1 nitrogen and oxygen atoms in total. The molecule has 0 radical (unpaired) electrons. The maximum Gasteiger partial charge on any atom is 0.139 e. The van der Waals surface area contributed by atoms with Crippen molar-refractivity contribution in [2.24, 2.45) is 0 Å². The molecule has 0 fully saturated rings. The number of rotatable bonds is 7. The maximum atomic E-state index is 7.13. The average molecular weight is 815 g/mol. The molecule has 0 aliphatic heterocycles. The first-order chi connectivity index (χ1) is 31.8. The lowest BCUT2D eigenvalue weighted by Crippen LogP contribution is -2.25. The first kappa shape index (κ1) is 36.6. The van der Waals surface area contributed by atoms with Gasteiger partial charge in [0.1, 0.15) is 11.2 Å². The van der Waals surface area contributed by atoms with Crippen LogP contribution >= 0.6 is 0 Å². The predicted octanol–water partition coefficient (Wildman–Crippen LogP) is 16.3. The van der Waals surface area contributed by atoms with Gasteiger partial charge in [-0.3, -0.25) is 0 Å². The van der Waals surface area contributed by atoms with Crippen molar-refractivity contribution in [2.75, 3.05) is 0 Å². The smallest absolute Gasteiger partial charge is 0.139 e. The van der Waals surface area contributed by atoms with Crippen LogP contribution in [0.3, 0.4) is 0 Å². The summed E-state index contributed by atoms with van der Waals surface area (Å²) in [5.74, 6) is 0.0292. The molecule has 2 aliphatic rings. The summed E-state index contributed by atoms with van der Waals surface area (Å²) in [5, 5.41) is 2.30. The van der Waals surface area contributed by atoms with Gasteiger partial charge in [-0.15, -0.1) is 0 Å². The molecule has 10 aromatic carbocycles. The lowest BCUT2D eigenvalue weighted by atomic mass is 9.70. The highest BCUT2D eigenvalue weighted by atomic mass is 16.3. The Kier molecular flexibility index (Phi) is 8.33. The van der Waals surface area contributed by atoms with Crippen molar-refractivity contribution in [2.45, 2.75) is 17.8 Å². The Balaban J connectivity index is 1.02. The topological polar surface area (TPSA) is 13.1 Å². The molecule has 1 unspecified atom stereocenters. The quantitative estimate of drug-likeness (QED) is 0.156. The fourth-order valence-corrected chi connectivity index (χ4v) is 11.4. The van der Waals surface area contributed by atoms with Crippen molar-refractivity contribution in [1.29, 1.82) is 0 Å². The minimum atomic E-state index is -0.417. The van der Waals surface area contributed by atoms with Gasteiger partial charge in [-0.25, -0.2) is 0 Å². The molecule has 2 aliphatic carbocycles. The van der Waals surface area contributed by atoms with Gasteiger partial charge in [0.15, 0.2) is 0 Å². The van der Waals surface area contributed by atoms with Crippen LogP contribution in [0.15, 0.2) is 241 Å². The molecule has 1 heteroatoms. The van der Waals surface area contributed by atoms with Gasteiger partial charge in [0.2, 0.25) is 0 Å². The van der Waals surface area contributed by atoms with Gasteiger partial charge in [0.25, 0.3) is 0 Å². The summed E-state index contributed by atoms with van der Waals surface area (Å²) in [4.78, 5) is 0. The second-order valence-electron chi connectivity index (χ2n) is 17.4. The Bertz CT molecular complexity index is 3510. The van der Waals surface area contributed by atoms with E-state index in [1.165, 1.54) is 94.6 Å². The van der Waals surface area contributed by atoms with Crippen LogP contribution in [-0.2, 0) is 11.8 Å². The molecule has 1 atom stereocenters. The molecule has 13 rings (SSSR count). The lowest BCUT2D eigenvalue weighted by molar-refractivity contribution is 0.655. The molecular formula is C63H42O. The van der Waals surface area contributed by atoms with E-state index in [1.807, 2.05) is 0 Å². The largest absolute Gasteiger partial charge is 0.456 e. The molecule has 300 valence electrons.